The first-order valence-electron chi connectivity index (χ1n) is 4.08. The quantitative estimate of drug-likeness (QED) is 0.599. The number of nitrogens with zero attached hydrogens (tertiary/aromatic N) is 2. The lowest BCUT2D eigenvalue weighted by Gasteiger charge is -1.93. The maximum atomic E-state index is 11.1. The number of benzene rings is 1. The topological polar surface area (TPSA) is 53.0 Å². The molecule has 2 rings (SSSR count). The van der Waals surface area contributed by atoms with Gasteiger partial charge < -0.3 is 5.21 Å². The fraction of sp³-hybridized carbons (Fsp3) is 0.111. The summed E-state index contributed by atoms with van der Waals surface area (Å²) in [5, 5.41) is 14.8. The molecule has 0 unspecified atom stereocenters. The molecule has 0 spiro atoms. The maximum Gasteiger partial charge on any atom is 0.252 e. The molecule has 0 radical (unpaired) electrons. The smallest absolute Gasteiger partial charge is 0.252 e. The zero-order valence-corrected chi connectivity index (χ0v) is 8.15. The standard InChI is InChI=1S/C9H8N2O2S/c12-11-8(6-14)9(10-13-11)7-4-2-1-3-5-7/h1-5,14H,6H2. The minimum absolute atomic E-state index is 0.303. The molecule has 0 aliphatic carbocycles. The molecular weight excluding hydrogens is 200 g/mol. The van der Waals surface area contributed by atoms with E-state index in [1.807, 2.05) is 30.3 Å². The predicted molar refractivity (Wildman–Crippen MR) is 53.6 cm³/mol. The summed E-state index contributed by atoms with van der Waals surface area (Å²) >= 11 is 4.05. The van der Waals surface area contributed by atoms with Gasteiger partial charge in [0.15, 0.2) is 0 Å². The van der Waals surface area contributed by atoms with Crippen LogP contribution >= 0.6 is 12.6 Å². The molecule has 0 amide bonds. The van der Waals surface area contributed by atoms with Gasteiger partial charge in [0.25, 0.3) is 5.69 Å². The second kappa shape index (κ2) is 3.71. The van der Waals surface area contributed by atoms with Crippen LogP contribution in [0.4, 0.5) is 0 Å². The molecule has 0 aliphatic heterocycles. The molecule has 14 heavy (non-hydrogen) atoms. The largest absolute Gasteiger partial charge is 0.359 e. The highest BCUT2D eigenvalue weighted by Gasteiger charge is 2.18. The molecule has 4 nitrogen and oxygen atoms in total. The van der Waals surface area contributed by atoms with Crippen LogP contribution in [0.25, 0.3) is 11.3 Å². The summed E-state index contributed by atoms with van der Waals surface area (Å²) in [5.74, 6) is 0.303. The third-order valence-electron chi connectivity index (χ3n) is 1.90. The van der Waals surface area contributed by atoms with Gasteiger partial charge in [-0.3, -0.25) is 4.63 Å². The van der Waals surface area contributed by atoms with Crippen LogP contribution in [0.3, 0.4) is 0 Å². The lowest BCUT2D eigenvalue weighted by atomic mass is 10.1. The third-order valence-corrected chi connectivity index (χ3v) is 2.20. The summed E-state index contributed by atoms with van der Waals surface area (Å²) in [5.41, 5.74) is 1.84. The lowest BCUT2D eigenvalue weighted by Crippen LogP contribution is -2.27. The highest BCUT2D eigenvalue weighted by atomic mass is 32.1. The monoisotopic (exact) mass is 208 g/mol. The van der Waals surface area contributed by atoms with Crippen LogP contribution in [0.5, 0.6) is 0 Å². The lowest BCUT2D eigenvalue weighted by molar-refractivity contribution is -0.807. The highest BCUT2D eigenvalue weighted by Crippen LogP contribution is 2.19. The molecule has 0 fully saturated rings. The summed E-state index contributed by atoms with van der Waals surface area (Å²) in [7, 11) is 0. The third kappa shape index (κ3) is 1.46. The second-order valence-electron chi connectivity index (χ2n) is 2.75. The van der Waals surface area contributed by atoms with Gasteiger partial charge in [-0.15, -0.1) is 0 Å². The molecule has 1 heterocycles. The Morgan fingerprint density at radius 2 is 2.07 bits per heavy atom. The van der Waals surface area contributed by atoms with Crippen molar-refractivity contribution in [2.45, 2.75) is 5.75 Å². The number of hydrogen-bond donors (Lipinski definition) is 1. The maximum absolute atomic E-state index is 11.1. The summed E-state index contributed by atoms with van der Waals surface area (Å²) < 4.78 is 4.50. The van der Waals surface area contributed by atoms with E-state index < -0.39 is 0 Å². The molecule has 0 N–H and O–H groups in total. The molecule has 1 aromatic carbocycles. The molecule has 0 saturated carbocycles. The van der Waals surface area contributed by atoms with E-state index in [4.69, 9.17) is 0 Å². The van der Waals surface area contributed by atoms with Gasteiger partial charge in [-0.1, -0.05) is 30.3 Å². The first-order valence-corrected chi connectivity index (χ1v) is 4.71. The van der Waals surface area contributed by atoms with E-state index in [2.05, 4.69) is 22.4 Å². The molecule has 0 atom stereocenters. The van der Waals surface area contributed by atoms with Gasteiger partial charge in [-0.2, -0.15) is 12.6 Å². The summed E-state index contributed by atoms with van der Waals surface area (Å²) in [6, 6.07) is 9.38. The minimum Gasteiger partial charge on any atom is -0.359 e. The van der Waals surface area contributed by atoms with Gasteiger partial charge in [-0.25, -0.2) is 0 Å². The fourth-order valence-electron chi connectivity index (χ4n) is 1.21. The zero-order valence-electron chi connectivity index (χ0n) is 7.25. The van der Waals surface area contributed by atoms with Crippen molar-refractivity contribution in [3.05, 3.63) is 41.2 Å². The van der Waals surface area contributed by atoms with Crippen molar-refractivity contribution >= 4 is 12.6 Å². The molecule has 5 heteroatoms. The van der Waals surface area contributed by atoms with Crippen molar-refractivity contribution < 1.29 is 9.53 Å². The van der Waals surface area contributed by atoms with Crippen molar-refractivity contribution in [1.29, 1.82) is 0 Å². The Bertz CT molecular complexity index is 428. The Labute approximate surface area is 86.1 Å². The molecule has 0 saturated heterocycles. The van der Waals surface area contributed by atoms with Crippen LogP contribution in [0.1, 0.15) is 5.69 Å². The molecule has 1 aromatic heterocycles. The number of thiol groups is 1. The second-order valence-corrected chi connectivity index (χ2v) is 3.07. The molecular formula is C9H8N2O2S. The van der Waals surface area contributed by atoms with Crippen LogP contribution in [-0.2, 0) is 5.75 Å². The predicted octanol–water partition coefficient (Wildman–Crippen LogP) is 1.40. The number of aromatic nitrogens is 2. The highest BCUT2D eigenvalue weighted by molar-refractivity contribution is 7.79. The van der Waals surface area contributed by atoms with Gasteiger partial charge in [0, 0.05) is 10.7 Å². The van der Waals surface area contributed by atoms with Gasteiger partial charge in [0.1, 0.15) is 0 Å². The van der Waals surface area contributed by atoms with Crippen LogP contribution in [0.2, 0.25) is 0 Å². The molecule has 0 bridgehead atoms. The van der Waals surface area contributed by atoms with E-state index in [-0.39, 0.29) is 0 Å². The SMILES string of the molecule is [O-][n+]1onc(-c2ccccc2)c1CS. The van der Waals surface area contributed by atoms with Crippen molar-refractivity contribution in [3.8, 4) is 11.3 Å². The summed E-state index contributed by atoms with van der Waals surface area (Å²) in [6.45, 7) is 0. The van der Waals surface area contributed by atoms with E-state index >= 15 is 0 Å². The summed E-state index contributed by atoms with van der Waals surface area (Å²) in [4.78, 5) is 0.384. The molecule has 2 aromatic rings. The van der Waals surface area contributed by atoms with Crippen molar-refractivity contribution in [3.63, 3.8) is 0 Å². The fourth-order valence-corrected chi connectivity index (χ4v) is 1.48. The van der Waals surface area contributed by atoms with Crippen molar-refractivity contribution in [2.24, 2.45) is 0 Å². The van der Waals surface area contributed by atoms with Crippen molar-refractivity contribution in [1.82, 2.24) is 5.16 Å². The zero-order chi connectivity index (χ0) is 9.97. The van der Waals surface area contributed by atoms with Gasteiger partial charge >= 0.3 is 0 Å². The Morgan fingerprint density at radius 3 is 2.71 bits per heavy atom. The molecule has 0 aliphatic rings. The summed E-state index contributed by atoms with van der Waals surface area (Å²) in [6.07, 6.45) is 0. The van der Waals surface area contributed by atoms with Crippen LogP contribution in [0.15, 0.2) is 35.0 Å². The van der Waals surface area contributed by atoms with E-state index in [0.29, 0.717) is 22.0 Å². The number of rotatable bonds is 2. The average molecular weight is 208 g/mol. The van der Waals surface area contributed by atoms with Gasteiger partial charge in [0.2, 0.25) is 5.69 Å². The Morgan fingerprint density at radius 1 is 1.36 bits per heavy atom. The normalized spacial score (nSPS) is 10.4. The van der Waals surface area contributed by atoms with Crippen molar-refractivity contribution in [2.75, 3.05) is 0 Å². The van der Waals surface area contributed by atoms with Crippen LogP contribution < -0.4 is 4.90 Å². The van der Waals surface area contributed by atoms with Gasteiger partial charge in [0.05, 0.1) is 5.75 Å². The van der Waals surface area contributed by atoms with E-state index in [0.717, 1.165) is 5.56 Å². The first-order chi connectivity index (χ1) is 6.83. The van der Waals surface area contributed by atoms with E-state index in [9.17, 15) is 5.21 Å². The van der Waals surface area contributed by atoms with Crippen LogP contribution in [0, 0.1) is 5.21 Å². The molecule has 72 valence electrons. The minimum atomic E-state index is 0.303. The first kappa shape index (κ1) is 9.08. The van der Waals surface area contributed by atoms with Crippen LogP contribution in [-0.4, -0.2) is 5.16 Å². The average Bonchev–Trinajstić information content (AvgIpc) is 2.61. The Hall–Kier alpha value is -1.49. The van der Waals surface area contributed by atoms with Gasteiger partial charge in [-0.05, 0) is 4.90 Å². The number of hydrogen-bond acceptors (Lipinski definition) is 4. The van der Waals surface area contributed by atoms with E-state index in [1.165, 1.54) is 0 Å². The Balaban J connectivity index is 2.52. The van der Waals surface area contributed by atoms with E-state index in [1.54, 1.807) is 0 Å². The Kier molecular flexibility index (Phi) is 2.41.